The van der Waals surface area contributed by atoms with Crippen molar-refractivity contribution in [2.75, 3.05) is 6.61 Å². The molecule has 1 aromatic heterocycles. The second-order valence-electron chi connectivity index (χ2n) is 11.2. The highest BCUT2D eigenvalue weighted by molar-refractivity contribution is 7.19. The van der Waals surface area contributed by atoms with E-state index in [0.29, 0.717) is 12.0 Å². The first-order chi connectivity index (χ1) is 15.6. The lowest BCUT2D eigenvalue weighted by Gasteiger charge is -2.41. The highest BCUT2D eigenvalue weighted by Gasteiger charge is 2.35. The zero-order valence-corrected chi connectivity index (χ0v) is 20.9. The van der Waals surface area contributed by atoms with Crippen molar-refractivity contribution in [3.63, 3.8) is 0 Å². The number of halogens is 1. The van der Waals surface area contributed by atoms with Crippen LogP contribution in [0.15, 0.2) is 18.2 Å². The third-order valence-corrected chi connectivity index (χ3v) is 10.5. The van der Waals surface area contributed by atoms with Gasteiger partial charge in [-0.3, -0.25) is 0 Å². The van der Waals surface area contributed by atoms with Crippen molar-refractivity contribution in [3.8, 4) is 0 Å². The van der Waals surface area contributed by atoms with Gasteiger partial charge >= 0.3 is 0 Å². The van der Waals surface area contributed by atoms with E-state index in [4.69, 9.17) is 4.74 Å². The summed E-state index contributed by atoms with van der Waals surface area (Å²) < 4.78 is 21.8. The molecule has 3 fully saturated rings. The van der Waals surface area contributed by atoms with Gasteiger partial charge in [0.15, 0.2) is 0 Å². The Balaban J connectivity index is 1.10. The van der Waals surface area contributed by atoms with Crippen LogP contribution in [-0.2, 0) is 4.74 Å². The highest BCUT2D eigenvalue weighted by atomic mass is 32.1. The summed E-state index contributed by atoms with van der Waals surface area (Å²) >= 11 is 1.65. The fourth-order valence-electron chi connectivity index (χ4n) is 7.10. The molecule has 1 saturated heterocycles. The van der Waals surface area contributed by atoms with Gasteiger partial charge < -0.3 is 4.74 Å². The molecule has 32 heavy (non-hydrogen) atoms. The van der Waals surface area contributed by atoms with E-state index in [1.165, 1.54) is 81.9 Å². The van der Waals surface area contributed by atoms with Gasteiger partial charge in [0.05, 0.1) is 17.4 Å². The summed E-state index contributed by atoms with van der Waals surface area (Å²) in [7, 11) is 0. The SMILES string of the molecule is CCCC1CCC(C2CCC(C3CCC(c4cc5ccc(C)c(F)c5s4)CO3)CC2)CC1. The topological polar surface area (TPSA) is 9.23 Å². The molecule has 0 spiro atoms. The monoisotopic (exact) mass is 456 g/mol. The van der Waals surface area contributed by atoms with E-state index in [9.17, 15) is 4.39 Å². The Hall–Kier alpha value is -0.930. The Bertz CT molecular complexity index is 880. The molecule has 1 nitrogen and oxygen atoms in total. The average Bonchev–Trinajstić information content (AvgIpc) is 3.28. The first-order valence-corrected chi connectivity index (χ1v) is 14.2. The zero-order valence-electron chi connectivity index (χ0n) is 20.1. The minimum atomic E-state index is -0.0380. The fraction of sp³-hybridized carbons (Fsp3) is 0.724. The number of aryl methyl sites for hydroxylation is 1. The van der Waals surface area contributed by atoms with Crippen LogP contribution in [-0.4, -0.2) is 12.7 Å². The molecule has 2 unspecified atom stereocenters. The van der Waals surface area contributed by atoms with Gasteiger partial charge in [0.1, 0.15) is 5.82 Å². The lowest BCUT2D eigenvalue weighted by atomic mass is 9.67. The maximum atomic E-state index is 14.5. The lowest BCUT2D eigenvalue weighted by molar-refractivity contribution is -0.0459. The third kappa shape index (κ3) is 4.80. The molecule has 0 radical (unpaired) electrons. The Morgan fingerprint density at radius 3 is 2.25 bits per heavy atom. The van der Waals surface area contributed by atoms with Crippen LogP contribution in [0.3, 0.4) is 0 Å². The van der Waals surface area contributed by atoms with Crippen LogP contribution in [0.1, 0.15) is 100 Å². The lowest BCUT2D eigenvalue weighted by Crippen LogP contribution is -2.35. The molecule has 0 N–H and O–H groups in total. The minimum absolute atomic E-state index is 0.0380. The van der Waals surface area contributed by atoms with E-state index < -0.39 is 0 Å². The largest absolute Gasteiger partial charge is 0.377 e. The Morgan fingerprint density at radius 1 is 0.906 bits per heavy atom. The van der Waals surface area contributed by atoms with E-state index >= 15 is 0 Å². The van der Waals surface area contributed by atoms with Crippen molar-refractivity contribution >= 4 is 21.4 Å². The van der Waals surface area contributed by atoms with E-state index in [0.717, 1.165) is 45.9 Å². The number of ether oxygens (including phenoxy) is 1. The molecule has 1 aliphatic heterocycles. The van der Waals surface area contributed by atoms with Crippen LogP contribution in [0.5, 0.6) is 0 Å². The predicted molar refractivity (Wildman–Crippen MR) is 134 cm³/mol. The first kappa shape index (κ1) is 22.8. The number of benzene rings is 1. The zero-order chi connectivity index (χ0) is 22.1. The summed E-state index contributed by atoms with van der Waals surface area (Å²) in [4.78, 5) is 1.31. The molecule has 176 valence electrons. The average molecular weight is 457 g/mol. The van der Waals surface area contributed by atoms with Crippen LogP contribution in [0, 0.1) is 36.4 Å². The van der Waals surface area contributed by atoms with Crippen molar-refractivity contribution < 1.29 is 9.13 Å². The number of hydrogen-bond donors (Lipinski definition) is 0. The van der Waals surface area contributed by atoms with Gasteiger partial charge in [-0.25, -0.2) is 4.39 Å². The summed E-state index contributed by atoms with van der Waals surface area (Å²) in [6, 6.07) is 6.17. The quantitative estimate of drug-likeness (QED) is 0.436. The van der Waals surface area contributed by atoms with Crippen LogP contribution >= 0.6 is 11.3 Å². The number of rotatable bonds is 5. The molecule has 5 rings (SSSR count). The van der Waals surface area contributed by atoms with Gasteiger partial charge in [0, 0.05) is 10.8 Å². The molecular weight excluding hydrogens is 415 g/mol. The summed E-state index contributed by atoms with van der Waals surface area (Å²) in [5.74, 6) is 4.20. The minimum Gasteiger partial charge on any atom is -0.377 e. The smallest absolute Gasteiger partial charge is 0.143 e. The van der Waals surface area contributed by atoms with Crippen LogP contribution in [0.2, 0.25) is 0 Å². The Kier molecular flexibility index (Phi) is 7.24. The van der Waals surface area contributed by atoms with E-state index in [-0.39, 0.29) is 5.82 Å². The van der Waals surface area contributed by atoms with Crippen molar-refractivity contribution in [3.05, 3.63) is 34.5 Å². The van der Waals surface area contributed by atoms with E-state index in [1.807, 2.05) is 13.0 Å². The van der Waals surface area contributed by atoms with Crippen molar-refractivity contribution in [2.24, 2.45) is 23.7 Å². The second kappa shape index (κ2) is 10.1. The van der Waals surface area contributed by atoms with Crippen molar-refractivity contribution in [1.82, 2.24) is 0 Å². The van der Waals surface area contributed by atoms with Gasteiger partial charge in [-0.2, -0.15) is 0 Å². The summed E-state index contributed by atoms with van der Waals surface area (Å²) in [6.07, 6.45) is 17.3. The standard InChI is InChI=1S/C29H41FOS/c1-3-4-20-6-9-21(10-7-20)22-11-13-23(14-12-22)26-16-15-25(18-31-26)27-17-24-8-5-19(2)28(30)29(24)32-27/h5,8,17,20-23,25-26H,3-4,6-7,9-16,18H2,1-2H3. The Morgan fingerprint density at radius 2 is 1.59 bits per heavy atom. The van der Waals surface area contributed by atoms with Gasteiger partial charge in [0.25, 0.3) is 0 Å². The van der Waals surface area contributed by atoms with Gasteiger partial charge in [-0.05, 0) is 99.0 Å². The van der Waals surface area contributed by atoms with Gasteiger partial charge in [-0.15, -0.1) is 11.3 Å². The molecule has 2 saturated carbocycles. The van der Waals surface area contributed by atoms with Crippen molar-refractivity contribution in [1.29, 1.82) is 0 Å². The van der Waals surface area contributed by atoms with Gasteiger partial charge in [0.2, 0.25) is 0 Å². The van der Waals surface area contributed by atoms with Crippen LogP contribution in [0.4, 0.5) is 4.39 Å². The maximum Gasteiger partial charge on any atom is 0.143 e. The van der Waals surface area contributed by atoms with E-state index in [1.54, 1.807) is 11.3 Å². The molecule has 0 bridgehead atoms. The normalized spacial score (nSPS) is 34.1. The molecule has 0 amide bonds. The molecule has 2 aliphatic carbocycles. The molecular formula is C29H41FOS. The Labute approximate surface area is 198 Å². The molecule has 1 aromatic carbocycles. The molecule has 2 aromatic rings. The summed E-state index contributed by atoms with van der Waals surface area (Å²) in [5.41, 5.74) is 0.746. The predicted octanol–water partition coefficient (Wildman–Crippen LogP) is 9.02. The fourth-order valence-corrected chi connectivity index (χ4v) is 8.37. The van der Waals surface area contributed by atoms with E-state index in [2.05, 4.69) is 19.1 Å². The second-order valence-corrected chi connectivity index (χ2v) is 12.2. The maximum absolute atomic E-state index is 14.5. The number of thiophene rings is 1. The molecule has 2 atom stereocenters. The highest BCUT2D eigenvalue weighted by Crippen LogP contribution is 2.45. The molecule has 3 aliphatic rings. The van der Waals surface area contributed by atoms with Gasteiger partial charge in [-0.1, -0.05) is 44.7 Å². The summed E-state index contributed by atoms with van der Waals surface area (Å²) in [6.45, 7) is 5.01. The van der Waals surface area contributed by atoms with Crippen LogP contribution < -0.4 is 0 Å². The molecule has 3 heteroatoms. The summed E-state index contributed by atoms with van der Waals surface area (Å²) in [5, 5.41) is 1.05. The molecule has 2 heterocycles. The first-order valence-electron chi connectivity index (χ1n) is 13.4. The van der Waals surface area contributed by atoms with Crippen LogP contribution in [0.25, 0.3) is 10.1 Å². The number of hydrogen-bond acceptors (Lipinski definition) is 2. The van der Waals surface area contributed by atoms with Crippen molar-refractivity contribution in [2.45, 2.75) is 103 Å². The number of fused-ring (bicyclic) bond motifs is 1. The third-order valence-electron chi connectivity index (χ3n) is 9.15.